The topological polar surface area (TPSA) is 38.9 Å². The van der Waals surface area contributed by atoms with Crippen molar-refractivity contribution in [3.8, 4) is 22.5 Å². The third kappa shape index (κ3) is 7.78. The minimum Gasteiger partial charge on any atom is 0 e. The smallest absolute Gasteiger partial charge is 0 e. The van der Waals surface area contributed by atoms with E-state index in [0.717, 1.165) is 39.1 Å². The molecule has 0 spiro atoms. The first-order valence-electron chi connectivity index (χ1n) is 14.7. The molecule has 0 amide bonds. The summed E-state index contributed by atoms with van der Waals surface area (Å²) in [6.45, 7) is 4.40. The number of hydrogen-bond donors (Lipinski definition) is 0. The van der Waals surface area contributed by atoms with E-state index in [4.69, 9.17) is 4.42 Å². The normalized spacial score (nSPS) is 11.7. The second-order valence-corrected chi connectivity index (χ2v) is 34.6. The summed E-state index contributed by atoms with van der Waals surface area (Å²) in [5.74, 6) is 14.8. The van der Waals surface area contributed by atoms with Crippen molar-refractivity contribution in [1.82, 2.24) is 9.97 Å². The molecule has 0 N–H and O–H groups in total. The van der Waals surface area contributed by atoms with Crippen molar-refractivity contribution in [3.63, 3.8) is 0 Å². The van der Waals surface area contributed by atoms with Gasteiger partial charge in [-0.2, -0.15) is 0 Å². The Kier molecular flexibility index (Phi) is 10.6. The van der Waals surface area contributed by atoms with Crippen LogP contribution in [0.2, 0.25) is 34.5 Å². The molecular weight excluding hydrogens is 826 g/mol. The number of rotatable bonds is 5. The molecule has 0 aliphatic heterocycles. The number of fused-ring (bicyclic) bond motifs is 3. The molecule has 0 fully saturated rings. The van der Waals surface area contributed by atoms with Crippen molar-refractivity contribution < 1.29 is 24.5 Å². The van der Waals surface area contributed by atoms with Gasteiger partial charge in [-0.15, -0.1) is 0 Å². The van der Waals surface area contributed by atoms with Crippen molar-refractivity contribution in [2.24, 2.45) is 0 Å². The van der Waals surface area contributed by atoms with Crippen LogP contribution in [0, 0.1) is 12.1 Å². The van der Waals surface area contributed by atoms with E-state index in [-0.39, 0.29) is 20.1 Å². The van der Waals surface area contributed by atoms with E-state index in [1.807, 2.05) is 42.7 Å². The summed E-state index contributed by atoms with van der Waals surface area (Å²) in [6.07, 6.45) is 3.92. The van der Waals surface area contributed by atoms with E-state index in [0.29, 0.717) is 5.92 Å². The molecule has 223 valence electrons. The molecule has 0 aliphatic rings. The number of nitrogens with zero attached hydrogens (tertiary/aromatic N) is 2. The summed E-state index contributed by atoms with van der Waals surface area (Å²) < 4.78 is 9.24. The zero-order chi connectivity index (χ0) is 30.1. The number of aromatic nitrogens is 2. The van der Waals surface area contributed by atoms with Gasteiger partial charge in [0, 0.05) is 20.1 Å². The van der Waals surface area contributed by atoms with Gasteiger partial charge in [0.2, 0.25) is 0 Å². The van der Waals surface area contributed by atoms with Crippen molar-refractivity contribution >= 4 is 57.3 Å². The minimum atomic E-state index is -1.89. The van der Waals surface area contributed by atoms with Crippen LogP contribution in [-0.2, 0) is 20.1 Å². The van der Waals surface area contributed by atoms with Gasteiger partial charge in [-0.1, -0.05) is 0 Å². The molecule has 0 saturated heterocycles. The van der Waals surface area contributed by atoms with Crippen LogP contribution in [0.4, 0.5) is 0 Å². The maximum Gasteiger partial charge on any atom is 0 e. The first-order valence-corrected chi connectivity index (χ1v) is 29.4. The van der Waals surface area contributed by atoms with E-state index in [2.05, 4.69) is 119 Å². The SMILES string of the molecule is CC(C)c1ccnc(-c2[c-]ccc3c2oc2c[c]([Ge]([CH3])([CH3])[CH3])ccc23)c1.[CH3][Ge]([CH3])([CH3])[c]1ccc(-c2[c-]cccc2)nc1.[Ir]. The Morgan fingerprint density at radius 1 is 0.698 bits per heavy atom. The molecule has 6 heteroatoms. The van der Waals surface area contributed by atoms with E-state index in [9.17, 15) is 0 Å². The fraction of sp³-hybridized carbons (Fsp3) is 0.243. The van der Waals surface area contributed by atoms with Gasteiger partial charge in [-0.3, -0.25) is 0 Å². The van der Waals surface area contributed by atoms with E-state index >= 15 is 0 Å². The van der Waals surface area contributed by atoms with E-state index in [1.165, 1.54) is 19.7 Å². The Labute approximate surface area is 275 Å². The Hall–Kier alpha value is -2.50. The van der Waals surface area contributed by atoms with Crippen molar-refractivity contribution in [1.29, 1.82) is 0 Å². The van der Waals surface area contributed by atoms with Gasteiger partial charge in [0.05, 0.1) is 0 Å². The van der Waals surface area contributed by atoms with Gasteiger partial charge in [0.15, 0.2) is 0 Å². The van der Waals surface area contributed by atoms with Crippen LogP contribution in [0.3, 0.4) is 0 Å². The van der Waals surface area contributed by atoms with Crippen molar-refractivity contribution in [3.05, 3.63) is 109 Å². The monoisotopic (exact) mass is 869 g/mol. The molecule has 1 radical (unpaired) electrons. The van der Waals surface area contributed by atoms with Crippen LogP contribution in [0.15, 0.2) is 95.7 Å². The molecule has 0 bridgehead atoms. The van der Waals surface area contributed by atoms with E-state index < -0.39 is 26.5 Å². The Morgan fingerprint density at radius 3 is 2.07 bits per heavy atom. The molecule has 0 atom stereocenters. The summed E-state index contributed by atoms with van der Waals surface area (Å²) in [7, 11) is 0. The summed E-state index contributed by atoms with van der Waals surface area (Å²) in [5, 5.41) is 2.31. The maximum absolute atomic E-state index is 6.33. The molecule has 6 rings (SSSR count). The third-order valence-electron chi connectivity index (χ3n) is 7.62. The minimum absolute atomic E-state index is 0. The van der Waals surface area contributed by atoms with Gasteiger partial charge in [0.25, 0.3) is 0 Å². The number of hydrogen-bond acceptors (Lipinski definition) is 3. The fourth-order valence-electron chi connectivity index (χ4n) is 4.89. The molecule has 0 aliphatic carbocycles. The quantitative estimate of drug-likeness (QED) is 0.128. The second kappa shape index (κ2) is 13.6. The van der Waals surface area contributed by atoms with Gasteiger partial charge in [-0.05, 0) is 0 Å². The van der Waals surface area contributed by atoms with Crippen LogP contribution in [-0.4, -0.2) is 36.5 Å². The molecule has 3 aromatic heterocycles. The van der Waals surface area contributed by atoms with Gasteiger partial charge in [0.1, 0.15) is 0 Å². The van der Waals surface area contributed by atoms with Crippen LogP contribution >= 0.6 is 0 Å². The number of furan rings is 1. The first-order chi connectivity index (χ1) is 19.9. The Bertz CT molecular complexity index is 1820. The molecule has 3 nitrogen and oxygen atoms in total. The summed E-state index contributed by atoms with van der Waals surface area (Å²) >= 11 is -3.61. The number of benzene rings is 3. The summed E-state index contributed by atoms with van der Waals surface area (Å²) in [5.41, 5.74) is 7.08. The molecule has 3 aromatic carbocycles. The molecule has 43 heavy (non-hydrogen) atoms. The van der Waals surface area contributed by atoms with Crippen LogP contribution < -0.4 is 8.79 Å². The Morgan fingerprint density at radius 2 is 1.44 bits per heavy atom. The average molecular weight is 866 g/mol. The molecule has 6 aromatic rings. The molecule has 3 heterocycles. The average Bonchev–Trinajstić information content (AvgIpc) is 3.35. The van der Waals surface area contributed by atoms with Crippen LogP contribution in [0.5, 0.6) is 0 Å². The molecule has 0 saturated carbocycles. The zero-order valence-electron chi connectivity index (χ0n) is 26.4. The van der Waals surface area contributed by atoms with Crippen molar-refractivity contribution in [2.45, 2.75) is 54.3 Å². The first kappa shape index (κ1) is 33.4. The van der Waals surface area contributed by atoms with Gasteiger partial charge < -0.3 is 0 Å². The largest absolute Gasteiger partial charge is 0 e. The fourth-order valence-corrected chi connectivity index (χ4v) is 9.47. The second-order valence-electron chi connectivity index (χ2n) is 13.2. The zero-order valence-corrected chi connectivity index (χ0v) is 33.0. The summed E-state index contributed by atoms with van der Waals surface area (Å²) in [4.78, 5) is 9.12. The predicted octanol–water partition coefficient (Wildman–Crippen LogP) is 9.21. The Balaban J connectivity index is 0.000000215. The van der Waals surface area contributed by atoms with Crippen LogP contribution in [0.1, 0.15) is 25.3 Å². The standard InChI is InChI=1S/C23H24GeNO.C14H16GeN.Ir/c1-15(2)16-11-12-25-21(13-16)20-8-6-7-19-18-10-9-17(24(3,4)5)14-22(18)26-23(19)20;1-15(2,3)13-9-10-14(16-11-13)12-7-5-4-6-8-12;/h6-7,9-15H,1-5H3;4-7,9-11H,1-3H3;/q2*-1;. The molecule has 0 unspecified atom stereocenters. The summed E-state index contributed by atoms with van der Waals surface area (Å²) in [6, 6.07) is 33.9. The molecular formula is C37H40Ge2IrN2O-2. The van der Waals surface area contributed by atoms with Gasteiger partial charge in [-0.25, -0.2) is 0 Å². The maximum atomic E-state index is 6.33. The van der Waals surface area contributed by atoms with Crippen molar-refractivity contribution in [2.75, 3.05) is 0 Å². The predicted molar refractivity (Wildman–Crippen MR) is 184 cm³/mol. The third-order valence-corrected chi connectivity index (χ3v) is 16.2. The van der Waals surface area contributed by atoms with E-state index in [1.54, 1.807) is 0 Å². The number of pyridine rings is 2. The van der Waals surface area contributed by atoms with Crippen LogP contribution in [0.25, 0.3) is 44.5 Å². The van der Waals surface area contributed by atoms with Gasteiger partial charge >= 0.3 is 257 Å².